The molecule has 7 atom stereocenters. The van der Waals surface area contributed by atoms with E-state index in [9.17, 15) is 4.79 Å². The Morgan fingerprint density at radius 3 is 2.38 bits per heavy atom. The first-order valence-electron chi connectivity index (χ1n) is 12.3. The quantitative estimate of drug-likeness (QED) is 0.679. The third-order valence-electron chi connectivity index (χ3n) is 10.2. The molecule has 29 heavy (non-hydrogen) atoms. The van der Waals surface area contributed by atoms with E-state index in [1.165, 1.54) is 44.4 Å². The van der Waals surface area contributed by atoms with Gasteiger partial charge < -0.3 is 9.80 Å². The van der Waals surface area contributed by atoms with Crippen molar-refractivity contribution in [3.63, 3.8) is 0 Å². The van der Waals surface area contributed by atoms with E-state index in [1.807, 2.05) is 7.05 Å². The molecule has 2 unspecified atom stereocenters. The van der Waals surface area contributed by atoms with Gasteiger partial charge in [-0.2, -0.15) is 0 Å². The second kappa shape index (κ2) is 7.57. The third kappa shape index (κ3) is 2.98. The molecular weight excluding hydrogens is 358 g/mol. The van der Waals surface area contributed by atoms with Gasteiger partial charge in [0.2, 0.25) is 5.91 Å². The van der Waals surface area contributed by atoms with Gasteiger partial charge >= 0.3 is 0 Å². The summed E-state index contributed by atoms with van der Waals surface area (Å²) >= 11 is 0. The number of amides is 1. The van der Waals surface area contributed by atoms with E-state index in [0.29, 0.717) is 17.4 Å². The van der Waals surface area contributed by atoms with Gasteiger partial charge in [0.15, 0.2) is 0 Å². The zero-order valence-corrected chi connectivity index (χ0v) is 19.7. The van der Waals surface area contributed by atoms with E-state index >= 15 is 0 Å². The van der Waals surface area contributed by atoms with Crippen LogP contribution in [0.5, 0.6) is 0 Å². The van der Waals surface area contributed by atoms with Crippen LogP contribution >= 0.6 is 0 Å². The van der Waals surface area contributed by atoms with Crippen LogP contribution in [0, 0.1) is 34.5 Å². The first-order chi connectivity index (χ1) is 13.8. The minimum atomic E-state index is 0.223. The summed E-state index contributed by atoms with van der Waals surface area (Å²) < 4.78 is 0. The molecule has 0 radical (unpaired) electrons. The minimum Gasteiger partial charge on any atom is -0.360 e. The van der Waals surface area contributed by atoms with Crippen LogP contribution in [-0.4, -0.2) is 54.8 Å². The van der Waals surface area contributed by atoms with E-state index in [4.69, 9.17) is 0 Å². The molecule has 4 aliphatic rings. The summed E-state index contributed by atoms with van der Waals surface area (Å²) in [7, 11) is 4.24. The van der Waals surface area contributed by atoms with Gasteiger partial charge in [-0.15, -0.1) is 0 Å². The third-order valence-corrected chi connectivity index (χ3v) is 10.2. The van der Waals surface area contributed by atoms with E-state index in [2.05, 4.69) is 49.5 Å². The number of amidine groups is 1. The molecule has 4 nitrogen and oxygen atoms in total. The minimum absolute atomic E-state index is 0.223. The Morgan fingerprint density at radius 1 is 1.03 bits per heavy atom. The molecule has 0 bridgehead atoms. The number of rotatable bonds is 3. The molecule has 0 aromatic carbocycles. The highest BCUT2D eigenvalue weighted by Gasteiger charge is 2.62. The molecule has 164 valence electrons. The van der Waals surface area contributed by atoms with Crippen LogP contribution < -0.4 is 0 Å². The van der Waals surface area contributed by atoms with Crippen molar-refractivity contribution in [3.05, 3.63) is 0 Å². The summed E-state index contributed by atoms with van der Waals surface area (Å²) in [5, 5.41) is 0. The smallest absolute Gasteiger partial charge is 0.226 e. The average molecular weight is 402 g/mol. The Hall–Kier alpha value is -1.06. The van der Waals surface area contributed by atoms with Gasteiger partial charge in [-0.1, -0.05) is 13.8 Å². The van der Waals surface area contributed by atoms with Crippen LogP contribution in [0.1, 0.15) is 79.1 Å². The number of hydrogen-bond donors (Lipinski definition) is 0. The van der Waals surface area contributed by atoms with Crippen LogP contribution in [0.4, 0.5) is 0 Å². The molecule has 4 rings (SSSR count). The van der Waals surface area contributed by atoms with Crippen LogP contribution in [0.15, 0.2) is 4.99 Å². The lowest BCUT2D eigenvalue weighted by atomic mass is 9.47. The van der Waals surface area contributed by atoms with Crippen LogP contribution in [0.3, 0.4) is 0 Å². The fourth-order valence-corrected chi connectivity index (χ4v) is 8.59. The number of aliphatic imine (C=N–C) groups is 1. The van der Waals surface area contributed by atoms with Gasteiger partial charge in [-0.3, -0.25) is 9.79 Å². The molecule has 0 spiro atoms. The summed E-state index contributed by atoms with van der Waals surface area (Å²) in [5.41, 5.74) is 0.634. The summed E-state index contributed by atoms with van der Waals surface area (Å²) in [6.45, 7) is 11.0. The fourth-order valence-electron chi connectivity index (χ4n) is 8.59. The van der Waals surface area contributed by atoms with Gasteiger partial charge in [0.05, 0.1) is 5.84 Å². The predicted molar refractivity (Wildman–Crippen MR) is 120 cm³/mol. The number of likely N-dealkylation sites (tertiary alicyclic amines) is 1. The molecule has 0 aromatic heterocycles. The van der Waals surface area contributed by atoms with Crippen molar-refractivity contribution >= 4 is 11.7 Å². The van der Waals surface area contributed by atoms with Crippen molar-refractivity contribution in [1.29, 1.82) is 0 Å². The van der Waals surface area contributed by atoms with Gasteiger partial charge in [-0.05, 0) is 87.4 Å². The lowest BCUT2D eigenvalue weighted by Crippen LogP contribution is -2.61. The molecule has 1 saturated heterocycles. The Morgan fingerprint density at radius 2 is 1.72 bits per heavy atom. The lowest BCUT2D eigenvalue weighted by Gasteiger charge is -2.62. The number of hydrogen-bond acceptors (Lipinski definition) is 2. The predicted octanol–water partition coefficient (Wildman–Crippen LogP) is 4.84. The van der Waals surface area contributed by atoms with Gasteiger partial charge in [0.1, 0.15) is 0 Å². The van der Waals surface area contributed by atoms with E-state index in [0.717, 1.165) is 43.7 Å². The Kier molecular flexibility index (Phi) is 5.53. The van der Waals surface area contributed by atoms with Crippen molar-refractivity contribution in [1.82, 2.24) is 9.80 Å². The fraction of sp³-hybridized carbons (Fsp3) is 0.920. The first-order valence-corrected chi connectivity index (χ1v) is 12.3. The lowest BCUT2D eigenvalue weighted by molar-refractivity contribution is -0.145. The zero-order chi connectivity index (χ0) is 21.0. The van der Waals surface area contributed by atoms with E-state index in [1.54, 1.807) is 0 Å². The second-order valence-electron chi connectivity index (χ2n) is 10.9. The molecule has 1 amide bonds. The molecular formula is C25H43N3O. The van der Waals surface area contributed by atoms with Crippen molar-refractivity contribution in [2.75, 3.05) is 27.2 Å². The highest BCUT2D eigenvalue weighted by Crippen LogP contribution is 2.66. The number of carbonyl (C=O) groups is 1. The molecule has 0 aromatic rings. The zero-order valence-electron chi connectivity index (χ0n) is 19.7. The topological polar surface area (TPSA) is 35.9 Å². The second-order valence-corrected chi connectivity index (χ2v) is 10.9. The maximum absolute atomic E-state index is 13.3. The standard InChI is InChI=1S/C25H43N3O/c1-7-28(8-2)23(29)20-11-10-18-17-9-12-21-25(4,16-14-22(26-5)27(21)6)19(17)13-15-24(18,20)3/h17-21H,7-16H2,1-6H3/t17-,18-,19+,20?,21?,24-,25+/m0/s1. The Balaban J connectivity index is 1.58. The van der Waals surface area contributed by atoms with Crippen LogP contribution in [0.25, 0.3) is 0 Å². The molecule has 3 saturated carbocycles. The SMILES string of the molecule is CCN(CC)C(=O)C1CC[C@H]2[C@@H]3CCC4N(C)C(=NC)CC[C@]4(C)[C@@H]3CC[C@]12C. The largest absolute Gasteiger partial charge is 0.360 e. The number of piperidine rings is 1. The molecule has 4 fully saturated rings. The first kappa shape index (κ1) is 21.2. The molecule has 4 heteroatoms. The van der Waals surface area contributed by atoms with Gasteiger partial charge in [0.25, 0.3) is 0 Å². The van der Waals surface area contributed by atoms with Crippen molar-refractivity contribution in [2.45, 2.75) is 85.1 Å². The monoisotopic (exact) mass is 401 g/mol. The van der Waals surface area contributed by atoms with Gasteiger partial charge in [0, 0.05) is 45.6 Å². The number of nitrogens with zero attached hydrogens (tertiary/aromatic N) is 3. The average Bonchev–Trinajstić information content (AvgIpc) is 3.06. The van der Waals surface area contributed by atoms with Crippen LogP contribution in [0.2, 0.25) is 0 Å². The Bertz CT molecular complexity index is 671. The highest BCUT2D eigenvalue weighted by molar-refractivity contribution is 5.83. The van der Waals surface area contributed by atoms with Gasteiger partial charge in [-0.25, -0.2) is 0 Å². The summed E-state index contributed by atoms with van der Waals surface area (Å²) in [5.74, 6) is 4.39. The van der Waals surface area contributed by atoms with E-state index < -0.39 is 0 Å². The van der Waals surface area contributed by atoms with E-state index in [-0.39, 0.29) is 11.3 Å². The van der Waals surface area contributed by atoms with Crippen molar-refractivity contribution < 1.29 is 4.79 Å². The number of carbonyl (C=O) groups excluding carboxylic acids is 1. The van der Waals surface area contributed by atoms with Crippen molar-refractivity contribution in [3.8, 4) is 0 Å². The maximum atomic E-state index is 13.3. The normalized spacial score (nSPS) is 45.5. The molecule has 3 aliphatic carbocycles. The number of fused-ring (bicyclic) bond motifs is 5. The highest BCUT2D eigenvalue weighted by atomic mass is 16.2. The molecule has 1 heterocycles. The maximum Gasteiger partial charge on any atom is 0.226 e. The summed E-state index contributed by atoms with van der Waals surface area (Å²) in [6.07, 6.45) is 10.0. The molecule has 1 aliphatic heterocycles. The summed E-state index contributed by atoms with van der Waals surface area (Å²) in [6, 6.07) is 0.648. The van der Waals surface area contributed by atoms with Crippen LogP contribution in [-0.2, 0) is 4.79 Å². The van der Waals surface area contributed by atoms with Crippen molar-refractivity contribution in [2.24, 2.45) is 39.5 Å². The Labute approximate surface area is 178 Å². The molecule has 0 N–H and O–H groups in total. The summed E-state index contributed by atoms with van der Waals surface area (Å²) in [4.78, 5) is 22.5.